The zero-order valence-electron chi connectivity index (χ0n) is 8.62. The van der Waals surface area contributed by atoms with Gasteiger partial charge in [-0.1, -0.05) is 34.1 Å². The maximum Gasteiger partial charge on any atom is 0.0543 e. The second-order valence-electron chi connectivity index (χ2n) is 4.28. The molecule has 2 heterocycles. The Morgan fingerprint density at radius 2 is 2.00 bits per heavy atom. The summed E-state index contributed by atoms with van der Waals surface area (Å²) in [7, 11) is 0. The van der Waals surface area contributed by atoms with E-state index in [1.807, 2.05) is 0 Å². The fourth-order valence-electron chi connectivity index (χ4n) is 2.70. The Kier molecular flexibility index (Phi) is 2.32. The Morgan fingerprint density at radius 3 is 2.80 bits per heavy atom. The van der Waals surface area contributed by atoms with Gasteiger partial charge in [-0.2, -0.15) is 0 Å². The Balaban J connectivity index is 1.89. The zero-order valence-corrected chi connectivity index (χ0v) is 10.2. The Morgan fingerprint density at radius 1 is 1.20 bits per heavy atom. The molecule has 3 rings (SSSR count). The highest BCUT2D eigenvalue weighted by Crippen LogP contribution is 2.41. The summed E-state index contributed by atoms with van der Waals surface area (Å²) in [5.41, 5.74) is 3.03. The van der Waals surface area contributed by atoms with Gasteiger partial charge in [0, 0.05) is 16.7 Å². The van der Waals surface area contributed by atoms with Gasteiger partial charge in [0.05, 0.1) is 6.04 Å². The molecule has 2 aliphatic rings. The van der Waals surface area contributed by atoms with Crippen LogP contribution in [-0.4, -0.2) is 11.4 Å². The van der Waals surface area contributed by atoms with Crippen molar-refractivity contribution >= 4 is 15.9 Å². The number of rotatable bonds is 1. The first-order valence-electron chi connectivity index (χ1n) is 5.56. The molecule has 15 heavy (non-hydrogen) atoms. The molecule has 78 valence electrons. The summed E-state index contributed by atoms with van der Waals surface area (Å²) in [6.45, 7) is 1.22. The minimum atomic E-state index is 0.631. The highest BCUT2D eigenvalue weighted by Gasteiger charge is 2.30. The molecule has 2 heteroatoms. The molecule has 1 atom stereocenters. The quantitative estimate of drug-likeness (QED) is 0.744. The van der Waals surface area contributed by atoms with Crippen molar-refractivity contribution in [2.24, 2.45) is 0 Å². The van der Waals surface area contributed by atoms with Crippen LogP contribution < -0.4 is 0 Å². The normalized spacial score (nSPS) is 24.2. The standard InChI is InChI=1S/C13H14BrN/c14-11-5-3-10(4-6-11)13-8-7-12-2-1-9-15(12)13/h2-6,13H,1,7-9H2. The third-order valence-electron chi connectivity index (χ3n) is 3.42. The van der Waals surface area contributed by atoms with Gasteiger partial charge in [0.15, 0.2) is 0 Å². The minimum Gasteiger partial charge on any atom is -0.368 e. The summed E-state index contributed by atoms with van der Waals surface area (Å²) in [5, 5.41) is 0. The van der Waals surface area contributed by atoms with Crippen molar-refractivity contribution in [3.05, 3.63) is 46.1 Å². The van der Waals surface area contributed by atoms with Crippen LogP contribution in [0, 0.1) is 0 Å². The predicted molar refractivity (Wildman–Crippen MR) is 65.5 cm³/mol. The van der Waals surface area contributed by atoms with Crippen molar-refractivity contribution in [1.29, 1.82) is 0 Å². The third-order valence-corrected chi connectivity index (χ3v) is 3.95. The number of halogens is 1. The van der Waals surface area contributed by atoms with Gasteiger partial charge < -0.3 is 4.90 Å². The molecule has 1 aromatic rings. The molecule has 2 aliphatic heterocycles. The first kappa shape index (κ1) is 9.46. The molecule has 1 saturated heterocycles. The maximum atomic E-state index is 3.49. The number of hydrogen-bond donors (Lipinski definition) is 0. The molecule has 0 aliphatic carbocycles. The summed E-state index contributed by atoms with van der Waals surface area (Å²) in [6, 6.07) is 9.42. The van der Waals surface area contributed by atoms with E-state index in [0.29, 0.717) is 6.04 Å². The molecule has 1 aromatic carbocycles. The van der Waals surface area contributed by atoms with Gasteiger partial charge in [0.2, 0.25) is 0 Å². The number of nitrogens with zero attached hydrogens (tertiary/aromatic N) is 1. The molecule has 1 nitrogen and oxygen atoms in total. The van der Waals surface area contributed by atoms with Crippen LogP contribution in [-0.2, 0) is 0 Å². The molecular formula is C13H14BrN. The smallest absolute Gasteiger partial charge is 0.0543 e. The van der Waals surface area contributed by atoms with Crippen molar-refractivity contribution in [2.45, 2.75) is 25.3 Å². The van der Waals surface area contributed by atoms with E-state index < -0.39 is 0 Å². The van der Waals surface area contributed by atoms with Crippen LogP contribution in [0.25, 0.3) is 0 Å². The summed E-state index contributed by atoms with van der Waals surface area (Å²) in [6.07, 6.45) is 6.19. The van der Waals surface area contributed by atoms with Gasteiger partial charge in [-0.05, 0) is 37.0 Å². The van der Waals surface area contributed by atoms with Crippen molar-refractivity contribution in [3.8, 4) is 0 Å². The lowest BCUT2D eigenvalue weighted by Crippen LogP contribution is -2.19. The van der Waals surface area contributed by atoms with Gasteiger partial charge >= 0.3 is 0 Å². The highest BCUT2D eigenvalue weighted by molar-refractivity contribution is 9.10. The Hall–Kier alpha value is -0.760. The molecule has 1 unspecified atom stereocenters. The largest absolute Gasteiger partial charge is 0.368 e. The molecule has 0 spiro atoms. The summed E-state index contributed by atoms with van der Waals surface area (Å²) in [4.78, 5) is 2.57. The Labute approximate surface area is 98.9 Å². The topological polar surface area (TPSA) is 3.24 Å². The lowest BCUT2D eigenvalue weighted by molar-refractivity contribution is 0.322. The molecule has 0 radical (unpaired) electrons. The van der Waals surface area contributed by atoms with Crippen molar-refractivity contribution in [2.75, 3.05) is 6.54 Å². The van der Waals surface area contributed by atoms with E-state index in [1.165, 1.54) is 35.8 Å². The lowest BCUT2D eigenvalue weighted by atomic mass is 10.0. The first-order chi connectivity index (χ1) is 7.34. The van der Waals surface area contributed by atoms with Crippen LogP contribution in [0.1, 0.15) is 30.9 Å². The number of fused-ring (bicyclic) bond motifs is 1. The number of benzene rings is 1. The van der Waals surface area contributed by atoms with Gasteiger partial charge in [-0.15, -0.1) is 0 Å². The van der Waals surface area contributed by atoms with Crippen LogP contribution in [0.4, 0.5) is 0 Å². The third kappa shape index (κ3) is 1.61. The summed E-state index contributed by atoms with van der Waals surface area (Å²) >= 11 is 3.49. The van der Waals surface area contributed by atoms with Crippen LogP contribution >= 0.6 is 15.9 Å². The van der Waals surface area contributed by atoms with Gasteiger partial charge in [0.25, 0.3) is 0 Å². The molecule has 0 aromatic heterocycles. The SMILES string of the molecule is Brc1ccc(C2CCC3=CCCN32)cc1. The van der Waals surface area contributed by atoms with Gasteiger partial charge in [0.1, 0.15) is 0 Å². The molecule has 0 bridgehead atoms. The molecule has 0 saturated carbocycles. The van der Waals surface area contributed by atoms with E-state index in [-0.39, 0.29) is 0 Å². The van der Waals surface area contributed by atoms with Gasteiger partial charge in [-0.25, -0.2) is 0 Å². The molecular weight excluding hydrogens is 250 g/mol. The molecule has 1 fully saturated rings. The Bertz CT molecular complexity index is 394. The van der Waals surface area contributed by atoms with Gasteiger partial charge in [-0.3, -0.25) is 0 Å². The highest BCUT2D eigenvalue weighted by atomic mass is 79.9. The lowest BCUT2D eigenvalue weighted by Gasteiger charge is -2.24. The van der Waals surface area contributed by atoms with Crippen molar-refractivity contribution < 1.29 is 0 Å². The van der Waals surface area contributed by atoms with Crippen LogP contribution in [0.5, 0.6) is 0 Å². The van der Waals surface area contributed by atoms with Crippen molar-refractivity contribution in [1.82, 2.24) is 4.90 Å². The monoisotopic (exact) mass is 263 g/mol. The van der Waals surface area contributed by atoms with E-state index in [4.69, 9.17) is 0 Å². The van der Waals surface area contributed by atoms with E-state index in [2.05, 4.69) is 51.2 Å². The summed E-state index contributed by atoms with van der Waals surface area (Å²) < 4.78 is 1.17. The maximum absolute atomic E-state index is 3.49. The second-order valence-corrected chi connectivity index (χ2v) is 5.20. The second kappa shape index (κ2) is 3.67. The average molecular weight is 264 g/mol. The van der Waals surface area contributed by atoms with E-state index >= 15 is 0 Å². The number of hydrogen-bond acceptors (Lipinski definition) is 1. The molecule has 0 amide bonds. The average Bonchev–Trinajstić information content (AvgIpc) is 2.80. The van der Waals surface area contributed by atoms with E-state index in [0.717, 1.165) is 0 Å². The van der Waals surface area contributed by atoms with Crippen LogP contribution in [0.2, 0.25) is 0 Å². The fraction of sp³-hybridized carbons (Fsp3) is 0.385. The predicted octanol–water partition coefficient (Wildman–Crippen LogP) is 3.87. The van der Waals surface area contributed by atoms with Crippen LogP contribution in [0.15, 0.2) is 40.5 Å². The van der Waals surface area contributed by atoms with Crippen molar-refractivity contribution in [3.63, 3.8) is 0 Å². The summed E-state index contributed by atoms with van der Waals surface area (Å²) in [5.74, 6) is 0. The van der Waals surface area contributed by atoms with E-state index in [1.54, 1.807) is 5.70 Å². The first-order valence-corrected chi connectivity index (χ1v) is 6.35. The van der Waals surface area contributed by atoms with Crippen LogP contribution in [0.3, 0.4) is 0 Å². The minimum absolute atomic E-state index is 0.631. The number of allylic oxidation sites excluding steroid dienone is 1. The van der Waals surface area contributed by atoms with E-state index in [9.17, 15) is 0 Å². The fourth-order valence-corrected chi connectivity index (χ4v) is 2.97. The molecule has 0 N–H and O–H groups in total. The zero-order chi connectivity index (χ0) is 10.3.